The number of carbonyl (C=O) groups excluding carboxylic acids is 2. The first-order chi connectivity index (χ1) is 14.7. The van der Waals surface area contributed by atoms with E-state index in [-0.39, 0.29) is 11.8 Å². The summed E-state index contributed by atoms with van der Waals surface area (Å²) in [4.78, 5) is 27.6. The Balaban J connectivity index is 1.49. The van der Waals surface area contributed by atoms with Crippen molar-refractivity contribution in [2.24, 2.45) is 0 Å². The van der Waals surface area contributed by atoms with E-state index in [1.54, 1.807) is 29.2 Å². The Labute approximate surface area is 174 Å². The lowest BCUT2D eigenvalue weighted by atomic mass is 10.1. The van der Waals surface area contributed by atoms with Gasteiger partial charge in [0.05, 0.1) is 25.4 Å². The standard InChI is InChI=1S/C24H20N2O4/c27-22(18-9-5-2-6-10-18)25-19-11-12-21-20(15-19)24(29-13-14-30-24)23(28)26(21)16-17-7-3-1-4-8-17/h1-12,15H,13-14,16H2,(H,25,27). The Morgan fingerprint density at radius 3 is 2.30 bits per heavy atom. The molecule has 6 heteroatoms. The van der Waals surface area contributed by atoms with E-state index < -0.39 is 5.79 Å². The van der Waals surface area contributed by atoms with E-state index in [1.807, 2.05) is 54.6 Å². The number of rotatable bonds is 4. The molecule has 1 spiro atoms. The third-order valence-corrected chi connectivity index (χ3v) is 5.34. The maximum Gasteiger partial charge on any atom is 0.292 e. The zero-order valence-corrected chi connectivity index (χ0v) is 16.2. The minimum Gasteiger partial charge on any atom is -0.336 e. The van der Waals surface area contributed by atoms with Crippen molar-refractivity contribution >= 4 is 23.2 Å². The van der Waals surface area contributed by atoms with Gasteiger partial charge in [0.1, 0.15) is 0 Å². The SMILES string of the molecule is O=C(Nc1ccc2c(c1)C1(OCCO1)C(=O)N2Cc1ccccc1)c1ccccc1. The van der Waals surface area contributed by atoms with Gasteiger partial charge in [-0.3, -0.25) is 9.59 Å². The Bertz CT molecular complexity index is 1090. The zero-order valence-electron chi connectivity index (χ0n) is 16.2. The van der Waals surface area contributed by atoms with Crippen molar-refractivity contribution in [2.75, 3.05) is 23.4 Å². The van der Waals surface area contributed by atoms with E-state index in [4.69, 9.17) is 9.47 Å². The summed E-state index contributed by atoms with van der Waals surface area (Å²) in [5.41, 5.74) is 3.49. The van der Waals surface area contributed by atoms with Crippen LogP contribution in [0.1, 0.15) is 21.5 Å². The number of amides is 2. The lowest BCUT2D eigenvalue weighted by molar-refractivity contribution is -0.180. The summed E-state index contributed by atoms with van der Waals surface area (Å²) in [6.45, 7) is 1.09. The van der Waals surface area contributed by atoms with Gasteiger partial charge in [0.25, 0.3) is 17.6 Å². The fourth-order valence-corrected chi connectivity index (χ4v) is 3.92. The molecule has 1 fully saturated rings. The van der Waals surface area contributed by atoms with E-state index >= 15 is 0 Å². The van der Waals surface area contributed by atoms with Gasteiger partial charge in [-0.15, -0.1) is 0 Å². The number of nitrogens with one attached hydrogen (secondary N) is 1. The molecule has 2 aliphatic heterocycles. The van der Waals surface area contributed by atoms with Gasteiger partial charge in [0, 0.05) is 16.8 Å². The number of hydrogen-bond acceptors (Lipinski definition) is 4. The lowest BCUT2D eigenvalue weighted by Crippen LogP contribution is -2.40. The number of fused-ring (bicyclic) bond motifs is 2. The normalized spacial score (nSPS) is 16.7. The Hall–Kier alpha value is -3.48. The van der Waals surface area contributed by atoms with Crippen LogP contribution in [0.5, 0.6) is 0 Å². The lowest BCUT2D eigenvalue weighted by Gasteiger charge is -2.22. The first-order valence-corrected chi connectivity index (χ1v) is 9.82. The van der Waals surface area contributed by atoms with E-state index in [9.17, 15) is 9.59 Å². The van der Waals surface area contributed by atoms with Crippen LogP contribution in [0.4, 0.5) is 11.4 Å². The Kier molecular flexibility index (Phi) is 4.58. The second kappa shape index (κ2) is 7.40. The van der Waals surface area contributed by atoms with Crippen molar-refractivity contribution < 1.29 is 19.1 Å². The molecule has 5 rings (SSSR count). The van der Waals surface area contributed by atoms with Crippen LogP contribution in [0, 0.1) is 0 Å². The van der Waals surface area contributed by atoms with Crippen LogP contribution >= 0.6 is 0 Å². The highest BCUT2D eigenvalue weighted by Crippen LogP contribution is 2.47. The van der Waals surface area contributed by atoms with E-state index in [0.29, 0.717) is 36.6 Å². The van der Waals surface area contributed by atoms with Crippen molar-refractivity contribution in [1.29, 1.82) is 0 Å². The highest BCUT2D eigenvalue weighted by atomic mass is 16.7. The molecular weight excluding hydrogens is 380 g/mol. The molecule has 0 aromatic heterocycles. The largest absolute Gasteiger partial charge is 0.336 e. The summed E-state index contributed by atoms with van der Waals surface area (Å²) in [7, 11) is 0. The Morgan fingerprint density at radius 2 is 1.60 bits per heavy atom. The summed E-state index contributed by atoms with van der Waals surface area (Å²) in [5, 5.41) is 2.89. The number of hydrogen-bond donors (Lipinski definition) is 1. The van der Waals surface area contributed by atoms with Crippen LogP contribution in [0.3, 0.4) is 0 Å². The number of carbonyl (C=O) groups is 2. The molecule has 3 aromatic carbocycles. The van der Waals surface area contributed by atoms with E-state index in [1.165, 1.54) is 0 Å². The van der Waals surface area contributed by atoms with Gasteiger partial charge < -0.3 is 19.7 Å². The fourth-order valence-electron chi connectivity index (χ4n) is 3.92. The number of benzene rings is 3. The molecule has 1 N–H and O–H groups in total. The fraction of sp³-hybridized carbons (Fsp3) is 0.167. The number of ether oxygens (including phenoxy) is 2. The van der Waals surface area contributed by atoms with Crippen molar-refractivity contribution in [3.05, 3.63) is 95.6 Å². The summed E-state index contributed by atoms with van der Waals surface area (Å²) in [6.07, 6.45) is 0. The predicted octanol–water partition coefficient (Wildman–Crippen LogP) is 3.69. The molecule has 6 nitrogen and oxygen atoms in total. The molecule has 0 saturated carbocycles. The van der Waals surface area contributed by atoms with Gasteiger partial charge in [-0.2, -0.15) is 0 Å². The third-order valence-electron chi connectivity index (χ3n) is 5.34. The van der Waals surface area contributed by atoms with Crippen molar-refractivity contribution in [2.45, 2.75) is 12.3 Å². The average molecular weight is 400 g/mol. The van der Waals surface area contributed by atoms with E-state index in [2.05, 4.69) is 5.32 Å². The van der Waals surface area contributed by atoms with Crippen LogP contribution in [-0.4, -0.2) is 25.0 Å². The minimum atomic E-state index is -1.45. The summed E-state index contributed by atoms with van der Waals surface area (Å²) in [5.74, 6) is -1.91. The molecule has 0 aliphatic carbocycles. The summed E-state index contributed by atoms with van der Waals surface area (Å²) in [6, 6.07) is 24.1. The molecule has 2 aliphatic rings. The maximum atomic E-state index is 13.3. The monoisotopic (exact) mass is 400 g/mol. The van der Waals surface area contributed by atoms with Crippen LogP contribution < -0.4 is 10.2 Å². The summed E-state index contributed by atoms with van der Waals surface area (Å²) < 4.78 is 11.7. The van der Waals surface area contributed by atoms with Gasteiger partial charge in [-0.1, -0.05) is 48.5 Å². The molecule has 0 radical (unpaired) electrons. The molecule has 150 valence electrons. The first kappa shape index (κ1) is 18.5. The van der Waals surface area contributed by atoms with Crippen molar-refractivity contribution in [3.63, 3.8) is 0 Å². The molecule has 0 bridgehead atoms. The van der Waals surface area contributed by atoms with Crippen LogP contribution in [0.2, 0.25) is 0 Å². The highest BCUT2D eigenvalue weighted by Gasteiger charge is 2.56. The van der Waals surface area contributed by atoms with Crippen LogP contribution in [-0.2, 0) is 26.6 Å². The van der Waals surface area contributed by atoms with Crippen LogP contribution in [0.15, 0.2) is 78.9 Å². The maximum absolute atomic E-state index is 13.3. The van der Waals surface area contributed by atoms with Gasteiger partial charge in [0.2, 0.25) is 0 Å². The highest BCUT2D eigenvalue weighted by molar-refractivity contribution is 6.08. The zero-order chi connectivity index (χ0) is 20.6. The Morgan fingerprint density at radius 1 is 0.933 bits per heavy atom. The number of anilines is 2. The first-order valence-electron chi connectivity index (χ1n) is 9.82. The number of nitrogens with zero attached hydrogens (tertiary/aromatic N) is 1. The minimum absolute atomic E-state index is 0.219. The second-order valence-corrected chi connectivity index (χ2v) is 7.24. The molecule has 0 atom stereocenters. The van der Waals surface area contributed by atoms with Gasteiger partial charge in [-0.25, -0.2) is 0 Å². The smallest absolute Gasteiger partial charge is 0.292 e. The quantitative estimate of drug-likeness (QED) is 0.725. The molecule has 1 saturated heterocycles. The predicted molar refractivity (Wildman–Crippen MR) is 112 cm³/mol. The average Bonchev–Trinajstić information content (AvgIpc) is 3.36. The van der Waals surface area contributed by atoms with Crippen molar-refractivity contribution in [1.82, 2.24) is 0 Å². The van der Waals surface area contributed by atoms with Gasteiger partial charge in [-0.05, 0) is 35.9 Å². The van der Waals surface area contributed by atoms with Gasteiger partial charge >= 0.3 is 0 Å². The van der Waals surface area contributed by atoms with E-state index in [0.717, 1.165) is 11.3 Å². The molecule has 2 amide bonds. The molecule has 30 heavy (non-hydrogen) atoms. The van der Waals surface area contributed by atoms with Crippen LogP contribution in [0.25, 0.3) is 0 Å². The van der Waals surface area contributed by atoms with Gasteiger partial charge in [0.15, 0.2) is 0 Å². The van der Waals surface area contributed by atoms with Crippen molar-refractivity contribution in [3.8, 4) is 0 Å². The summed E-state index contributed by atoms with van der Waals surface area (Å²) >= 11 is 0. The molecule has 3 aromatic rings. The molecule has 0 unspecified atom stereocenters. The molecular formula is C24H20N2O4. The topological polar surface area (TPSA) is 67.9 Å². The third kappa shape index (κ3) is 3.07. The molecule has 2 heterocycles. The second-order valence-electron chi connectivity index (χ2n) is 7.24.